The summed E-state index contributed by atoms with van der Waals surface area (Å²) in [7, 11) is 1.27. The van der Waals surface area contributed by atoms with Crippen molar-refractivity contribution in [3.63, 3.8) is 0 Å². The van der Waals surface area contributed by atoms with E-state index in [4.69, 9.17) is 9.05 Å². The smallest absolute Gasteiger partial charge is 0.268 e. The molecule has 0 rings (SSSR count). The highest BCUT2D eigenvalue weighted by molar-refractivity contribution is 7.45. The molecular formula is C57H113N2O6P. The topological polar surface area (TPSA) is 108 Å². The Morgan fingerprint density at radius 1 is 0.515 bits per heavy atom. The fourth-order valence-electron chi connectivity index (χ4n) is 8.62. The summed E-state index contributed by atoms with van der Waals surface area (Å²) in [5.74, 6) is -0.198. The molecule has 1 amide bonds. The molecule has 0 aliphatic heterocycles. The first kappa shape index (κ1) is 65.0. The standard InChI is InChI=1S/C57H113N2O6P/c1-6-8-10-12-14-16-18-20-22-24-25-26-27-28-29-30-31-32-33-35-36-38-40-42-44-46-48-50-56(60)55(54-65-66(62,63)64-53-52-59(3,4)5)58-57(61)51-49-47-45-43-41-39-37-34-23-21-19-17-15-13-11-9-7-2/h21,23,48,50,55-56,60H,6-20,22,24-47,49,51-54H2,1-5H3,(H-,58,61,62,63)/b23-21-,50-48+. The number of quaternary nitrogens is 1. The Kier molecular flexibility index (Phi) is 48.2. The monoisotopic (exact) mass is 953 g/mol. The number of carbonyl (C=O) groups is 1. The maximum absolute atomic E-state index is 12.9. The summed E-state index contributed by atoms with van der Waals surface area (Å²) in [4.78, 5) is 25.5. The van der Waals surface area contributed by atoms with Gasteiger partial charge >= 0.3 is 0 Å². The van der Waals surface area contributed by atoms with Crippen LogP contribution in [0, 0.1) is 0 Å². The Morgan fingerprint density at radius 2 is 0.833 bits per heavy atom. The molecule has 9 heteroatoms. The van der Waals surface area contributed by atoms with Gasteiger partial charge in [-0.25, -0.2) is 0 Å². The zero-order valence-electron chi connectivity index (χ0n) is 44.7. The normalized spacial score (nSPS) is 14.1. The highest BCUT2D eigenvalue weighted by Crippen LogP contribution is 2.38. The summed E-state index contributed by atoms with van der Waals surface area (Å²) < 4.78 is 23.3. The number of unbranched alkanes of at least 4 members (excludes halogenated alkanes) is 38. The summed E-state index contributed by atoms with van der Waals surface area (Å²) >= 11 is 0. The number of nitrogens with zero attached hydrogens (tertiary/aromatic N) is 1. The maximum Gasteiger partial charge on any atom is 0.268 e. The van der Waals surface area contributed by atoms with E-state index in [0.29, 0.717) is 17.4 Å². The molecule has 0 heterocycles. The predicted molar refractivity (Wildman–Crippen MR) is 284 cm³/mol. The van der Waals surface area contributed by atoms with Crippen LogP contribution in [0.3, 0.4) is 0 Å². The lowest BCUT2D eigenvalue weighted by Gasteiger charge is -2.29. The highest BCUT2D eigenvalue weighted by atomic mass is 31.2. The van der Waals surface area contributed by atoms with Crippen LogP contribution in [-0.4, -0.2) is 68.5 Å². The first-order valence-electron chi connectivity index (χ1n) is 28.7. The second-order valence-corrected chi connectivity index (χ2v) is 22.4. The fourth-order valence-corrected chi connectivity index (χ4v) is 9.34. The minimum atomic E-state index is -4.59. The van der Waals surface area contributed by atoms with Crippen molar-refractivity contribution in [3.05, 3.63) is 24.3 Å². The Labute approximate surface area is 411 Å². The van der Waals surface area contributed by atoms with Gasteiger partial charge in [0.15, 0.2) is 0 Å². The number of amides is 1. The number of carbonyl (C=O) groups excluding carboxylic acids is 1. The van der Waals surface area contributed by atoms with Gasteiger partial charge in [0, 0.05) is 6.42 Å². The molecule has 392 valence electrons. The minimum absolute atomic E-state index is 0.000270. The number of hydrogen-bond donors (Lipinski definition) is 2. The number of allylic oxidation sites excluding steroid dienone is 3. The molecule has 0 aromatic rings. The lowest BCUT2D eigenvalue weighted by Crippen LogP contribution is -2.45. The van der Waals surface area contributed by atoms with Crippen LogP contribution in [0.4, 0.5) is 0 Å². The van der Waals surface area contributed by atoms with Crippen LogP contribution in [0.25, 0.3) is 0 Å². The molecule has 0 aromatic carbocycles. The third-order valence-corrected chi connectivity index (χ3v) is 14.1. The summed E-state index contributed by atoms with van der Waals surface area (Å²) in [6.07, 6.45) is 61.1. The molecule has 0 spiro atoms. The maximum atomic E-state index is 12.9. The van der Waals surface area contributed by atoms with Gasteiger partial charge in [-0.1, -0.05) is 256 Å². The number of rotatable bonds is 53. The molecular weight excluding hydrogens is 840 g/mol. The summed E-state index contributed by atoms with van der Waals surface area (Å²) in [6.45, 7) is 4.68. The van der Waals surface area contributed by atoms with Gasteiger partial charge in [0.2, 0.25) is 5.91 Å². The van der Waals surface area contributed by atoms with E-state index in [2.05, 4.69) is 31.3 Å². The lowest BCUT2D eigenvalue weighted by molar-refractivity contribution is -0.870. The van der Waals surface area contributed by atoms with Crippen molar-refractivity contribution in [3.8, 4) is 0 Å². The molecule has 3 atom stereocenters. The zero-order valence-corrected chi connectivity index (χ0v) is 45.6. The molecule has 0 bridgehead atoms. The number of nitrogens with one attached hydrogen (secondary N) is 1. The van der Waals surface area contributed by atoms with Gasteiger partial charge in [0.05, 0.1) is 39.9 Å². The van der Waals surface area contributed by atoms with Crippen LogP contribution in [-0.2, 0) is 18.4 Å². The largest absolute Gasteiger partial charge is 0.756 e. The fraction of sp³-hybridized carbons (Fsp3) is 0.912. The number of hydrogen-bond acceptors (Lipinski definition) is 6. The molecule has 0 aromatic heterocycles. The number of phosphoric ester groups is 1. The van der Waals surface area contributed by atoms with Crippen molar-refractivity contribution in [2.75, 3.05) is 40.9 Å². The van der Waals surface area contributed by atoms with E-state index in [1.807, 2.05) is 27.2 Å². The Balaban J connectivity index is 4.17. The molecule has 0 aliphatic carbocycles. The highest BCUT2D eigenvalue weighted by Gasteiger charge is 2.23. The van der Waals surface area contributed by atoms with Gasteiger partial charge in [-0.15, -0.1) is 0 Å². The number of aliphatic hydroxyl groups excluding tert-OH is 1. The minimum Gasteiger partial charge on any atom is -0.756 e. The quantitative estimate of drug-likeness (QED) is 0.0272. The number of likely N-dealkylation sites (N-methyl/N-ethyl adjacent to an activating group) is 1. The van der Waals surface area contributed by atoms with E-state index >= 15 is 0 Å². The average Bonchev–Trinajstić information content (AvgIpc) is 3.28. The Bertz CT molecular complexity index is 1130. The Morgan fingerprint density at radius 3 is 1.18 bits per heavy atom. The van der Waals surface area contributed by atoms with Crippen LogP contribution in [0.1, 0.15) is 284 Å². The van der Waals surface area contributed by atoms with Crippen LogP contribution in [0.5, 0.6) is 0 Å². The molecule has 0 fully saturated rings. The Hall–Kier alpha value is -1.02. The van der Waals surface area contributed by atoms with Crippen LogP contribution >= 0.6 is 7.82 Å². The van der Waals surface area contributed by atoms with Gasteiger partial charge in [-0.05, 0) is 44.9 Å². The number of aliphatic hydroxyl groups is 1. The first-order chi connectivity index (χ1) is 32.0. The van der Waals surface area contributed by atoms with Crippen LogP contribution in [0.2, 0.25) is 0 Å². The van der Waals surface area contributed by atoms with E-state index < -0.39 is 20.0 Å². The summed E-state index contributed by atoms with van der Waals surface area (Å²) in [5, 5.41) is 13.9. The number of phosphoric acid groups is 1. The average molecular weight is 954 g/mol. The second kappa shape index (κ2) is 49.0. The van der Waals surface area contributed by atoms with Crippen molar-refractivity contribution in [2.45, 2.75) is 296 Å². The summed E-state index contributed by atoms with van der Waals surface area (Å²) in [6, 6.07) is -0.887. The third-order valence-electron chi connectivity index (χ3n) is 13.2. The molecule has 2 N–H and O–H groups in total. The van der Waals surface area contributed by atoms with Crippen molar-refractivity contribution in [1.29, 1.82) is 0 Å². The van der Waals surface area contributed by atoms with Gasteiger partial charge in [0.25, 0.3) is 7.82 Å². The molecule has 8 nitrogen and oxygen atoms in total. The molecule has 0 aliphatic rings. The molecule has 0 saturated heterocycles. The van der Waals surface area contributed by atoms with E-state index in [1.165, 1.54) is 225 Å². The molecule has 66 heavy (non-hydrogen) atoms. The van der Waals surface area contributed by atoms with E-state index in [-0.39, 0.29) is 19.1 Å². The van der Waals surface area contributed by atoms with Crippen molar-refractivity contribution < 1.29 is 32.9 Å². The predicted octanol–water partition coefficient (Wildman–Crippen LogP) is 16.6. The van der Waals surface area contributed by atoms with Crippen LogP contribution in [0.15, 0.2) is 24.3 Å². The van der Waals surface area contributed by atoms with Gasteiger partial charge < -0.3 is 28.8 Å². The van der Waals surface area contributed by atoms with Crippen LogP contribution < -0.4 is 10.2 Å². The SMILES string of the molecule is CCCCCCCC/C=C\CCCCCCCCCC(=O)NC(COP(=O)([O-])OCC[N+](C)(C)C)C(O)/C=C/CCCCCCCCCCCCCCCCCCCCCCCCCCC. The first-order valence-corrected chi connectivity index (χ1v) is 30.2. The van der Waals surface area contributed by atoms with Gasteiger partial charge in [-0.2, -0.15) is 0 Å². The van der Waals surface area contributed by atoms with E-state index in [9.17, 15) is 19.4 Å². The van der Waals surface area contributed by atoms with E-state index in [1.54, 1.807) is 6.08 Å². The molecule has 0 saturated carbocycles. The molecule has 3 unspecified atom stereocenters. The molecule has 0 radical (unpaired) electrons. The second-order valence-electron chi connectivity index (χ2n) is 21.0. The lowest BCUT2D eigenvalue weighted by atomic mass is 10.0. The summed E-state index contributed by atoms with van der Waals surface area (Å²) in [5.41, 5.74) is 0. The zero-order chi connectivity index (χ0) is 48.5. The van der Waals surface area contributed by atoms with Gasteiger partial charge in [0.1, 0.15) is 13.2 Å². The van der Waals surface area contributed by atoms with Gasteiger partial charge in [-0.3, -0.25) is 9.36 Å². The third kappa shape index (κ3) is 50.8. The van der Waals surface area contributed by atoms with E-state index in [0.717, 1.165) is 38.5 Å². The van der Waals surface area contributed by atoms with Crippen molar-refractivity contribution in [2.24, 2.45) is 0 Å². The van der Waals surface area contributed by atoms with Crippen molar-refractivity contribution in [1.82, 2.24) is 5.32 Å². The van der Waals surface area contributed by atoms with Crippen molar-refractivity contribution >= 4 is 13.7 Å².